The molecule has 2 rings (SSSR count). The molecular weight excluding hydrogens is 339 g/mol. The highest BCUT2D eigenvalue weighted by Gasteiger charge is 2.00. The van der Waals surface area contributed by atoms with Crippen molar-refractivity contribution in [3.8, 4) is 0 Å². The second-order valence-corrected chi connectivity index (χ2v) is 6.45. The summed E-state index contributed by atoms with van der Waals surface area (Å²) in [5.74, 6) is 1.04. The Balaban J connectivity index is 2.07. The first-order valence-corrected chi connectivity index (χ1v) is 7.66. The van der Waals surface area contributed by atoms with E-state index in [1.165, 1.54) is 25.2 Å². The van der Waals surface area contributed by atoms with Crippen LogP contribution in [0.2, 0.25) is 0 Å². The molecule has 0 fully saturated rings. The summed E-state index contributed by atoms with van der Waals surface area (Å²) in [5.41, 5.74) is 4.09. The predicted molar refractivity (Wildman–Crippen MR) is 84.6 cm³/mol. The number of hydrogen-bond donors (Lipinski definition) is 0. The van der Waals surface area contributed by atoms with E-state index in [1.807, 2.05) is 11.8 Å². The fourth-order valence-corrected chi connectivity index (χ4v) is 3.04. The quantitative estimate of drug-likeness (QED) is 0.539. The Morgan fingerprint density at radius 2 is 1.71 bits per heavy atom. The molecule has 2 aromatic rings. The summed E-state index contributed by atoms with van der Waals surface area (Å²) in [6.45, 7) is 4.32. The number of halogens is 1. The van der Waals surface area contributed by atoms with E-state index in [9.17, 15) is 0 Å². The van der Waals surface area contributed by atoms with Gasteiger partial charge in [0.05, 0.1) is 0 Å². The third kappa shape index (κ3) is 3.75. The van der Waals surface area contributed by atoms with Gasteiger partial charge in [0.25, 0.3) is 0 Å². The molecule has 0 aromatic heterocycles. The van der Waals surface area contributed by atoms with Crippen molar-refractivity contribution < 1.29 is 0 Å². The Hall–Kier alpha value is -0.480. The Morgan fingerprint density at radius 1 is 1.00 bits per heavy atom. The second kappa shape index (κ2) is 5.91. The molecule has 0 saturated carbocycles. The number of hydrogen-bond acceptors (Lipinski definition) is 1. The van der Waals surface area contributed by atoms with Crippen LogP contribution >= 0.6 is 34.4 Å². The smallest absolute Gasteiger partial charge is 0.0232 e. The van der Waals surface area contributed by atoms with Gasteiger partial charge in [0, 0.05) is 14.2 Å². The summed E-state index contributed by atoms with van der Waals surface area (Å²) < 4.78 is 1.29. The average Bonchev–Trinajstić information content (AvgIpc) is 2.32. The lowest BCUT2D eigenvalue weighted by molar-refractivity contribution is 1.25. The van der Waals surface area contributed by atoms with Crippen molar-refractivity contribution in [2.75, 3.05) is 0 Å². The van der Waals surface area contributed by atoms with Gasteiger partial charge in [-0.1, -0.05) is 29.8 Å². The van der Waals surface area contributed by atoms with Crippen LogP contribution < -0.4 is 0 Å². The van der Waals surface area contributed by atoms with Crippen LogP contribution in [0.4, 0.5) is 0 Å². The van der Waals surface area contributed by atoms with Gasteiger partial charge in [0.1, 0.15) is 0 Å². The fraction of sp³-hybridized carbons (Fsp3) is 0.200. The molecule has 0 aliphatic heterocycles. The number of rotatable bonds is 3. The lowest BCUT2D eigenvalue weighted by atomic mass is 10.2. The molecule has 0 aliphatic carbocycles. The number of aryl methyl sites for hydroxylation is 2. The molecule has 0 spiro atoms. The zero-order chi connectivity index (χ0) is 12.3. The molecule has 0 radical (unpaired) electrons. The maximum absolute atomic E-state index is 2.34. The van der Waals surface area contributed by atoms with Crippen molar-refractivity contribution in [2.24, 2.45) is 0 Å². The van der Waals surface area contributed by atoms with Crippen LogP contribution in [0.5, 0.6) is 0 Å². The van der Waals surface area contributed by atoms with Gasteiger partial charge in [-0.3, -0.25) is 0 Å². The molecule has 0 saturated heterocycles. The Bertz CT molecular complexity index is 503. The molecule has 2 aromatic carbocycles. The lowest BCUT2D eigenvalue weighted by Crippen LogP contribution is -1.84. The van der Waals surface area contributed by atoms with Gasteiger partial charge in [-0.15, -0.1) is 11.8 Å². The van der Waals surface area contributed by atoms with Crippen LogP contribution in [0.15, 0.2) is 47.4 Å². The molecule has 2 heteroatoms. The normalized spacial score (nSPS) is 10.5. The molecule has 0 N–H and O–H groups in total. The molecule has 0 bridgehead atoms. The Kier molecular flexibility index (Phi) is 4.51. The predicted octanol–water partition coefficient (Wildman–Crippen LogP) is 5.20. The van der Waals surface area contributed by atoms with E-state index >= 15 is 0 Å². The first kappa shape index (κ1) is 13.0. The molecule has 0 amide bonds. The molecular formula is C15H15IS. The van der Waals surface area contributed by atoms with E-state index in [-0.39, 0.29) is 0 Å². The molecule has 0 unspecified atom stereocenters. The van der Waals surface area contributed by atoms with Gasteiger partial charge in [0.15, 0.2) is 0 Å². The van der Waals surface area contributed by atoms with Gasteiger partial charge < -0.3 is 0 Å². The van der Waals surface area contributed by atoms with E-state index in [0.29, 0.717) is 0 Å². The average molecular weight is 354 g/mol. The van der Waals surface area contributed by atoms with Crippen molar-refractivity contribution in [3.05, 3.63) is 62.7 Å². The van der Waals surface area contributed by atoms with Crippen LogP contribution in [0, 0.1) is 17.4 Å². The standard InChI is InChI=1S/C15H15IS/c1-11-3-4-12(2)15(9-11)17-10-13-5-7-14(16)8-6-13/h3-9H,10H2,1-2H3. The highest BCUT2D eigenvalue weighted by atomic mass is 127. The number of benzene rings is 2. The van der Waals surface area contributed by atoms with Gasteiger partial charge in [-0.05, 0) is 65.8 Å². The topological polar surface area (TPSA) is 0 Å². The maximum atomic E-state index is 2.34. The molecule has 0 aliphatic rings. The highest BCUT2D eigenvalue weighted by Crippen LogP contribution is 2.27. The third-order valence-electron chi connectivity index (χ3n) is 2.65. The highest BCUT2D eigenvalue weighted by molar-refractivity contribution is 14.1. The van der Waals surface area contributed by atoms with Crippen LogP contribution in [0.3, 0.4) is 0 Å². The van der Waals surface area contributed by atoms with Crippen molar-refractivity contribution in [3.63, 3.8) is 0 Å². The Labute approximate surface area is 121 Å². The minimum absolute atomic E-state index is 1.04. The summed E-state index contributed by atoms with van der Waals surface area (Å²) in [6.07, 6.45) is 0. The van der Waals surface area contributed by atoms with Crippen LogP contribution in [-0.2, 0) is 5.75 Å². The van der Waals surface area contributed by atoms with Crippen molar-refractivity contribution in [1.29, 1.82) is 0 Å². The minimum atomic E-state index is 1.04. The van der Waals surface area contributed by atoms with Crippen LogP contribution in [0.1, 0.15) is 16.7 Å². The van der Waals surface area contributed by atoms with E-state index in [0.717, 1.165) is 5.75 Å². The monoisotopic (exact) mass is 354 g/mol. The maximum Gasteiger partial charge on any atom is 0.0232 e. The lowest BCUT2D eigenvalue weighted by Gasteiger charge is -2.07. The van der Waals surface area contributed by atoms with Gasteiger partial charge in [0.2, 0.25) is 0 Å². The van der Waals surface area contributed by atoms with Gasteiger partial charge >= 0.3 is 0 Å². The number of thioether (sulfide) groups is 1. The van der Waals surface area contributed by atoms with Crippen LogP contribution in [-0.4, -0.2) is 0 Å². The van der Waals surface area contributed by atoms with Crippen LogP contribution in [0.25, 0.3) is 0 Å². The first-order chi connectivity index (χ1) is 8.15. The summed E-state index contributed by atoms with van der Waals surface area (Å²) in [4.78, 5) is 1.39. The van der Waals surface area contributed by atoms with Crippen molar-refractivity contribution in [1.82, 2.24) is 0 Å². The van der Waals surface area contributed by atoms with E-state index in [4.69, 9.17) is 0 Å². The van der Waals surface area contributed by atoms with Crippen molar-refractivity contribution >= 4 is 34.4 Å². The van der Waals surface area contributed by atoms with E-state index in [2.05, 4.69) is 78.9 Å². The van der Waals surface area contributed by atoms with E-state index in [1.54, 1.807) is 0 Å². The molecule has 0 atom stereocenters. The zero-order valence-electron chi connectivity index (χ0n) is 10.0. The molecule has 0 heterocycles. The SMILES string of the molecule is Cc1ccc(C)c(SCc2ccc(I)cc2)c1. The minimum Gasteiger partial charge on any atom is -0.121 e. The Morgan fingerprint density at radius 3 is 2.41 bits per heavy atom. The van der Waals surface area contributed by atoms with Crippen molar-refractivity contribution in [2.45, 2.75) is 24.5 Å². The molecule has 17 heavy (non-hydrogen) atoms. The third-order valence-corrected chi connectivity index (χ3v) is 4.60. The second-order valence-electron chi connectivity index (χ2n) is 4.18. The largest absolute Gasteiger partial charge is 0.121 e. The fourth-order valence-electron chi connectivity index (χ4n) is 1.60. The summed E-state index contributed by atoms with van der Waals surface area (Å²) in [7, 11) is 0. The summed E-state index contributed by atoms with van der Waals surface area (Å²) >= 11 is 4.26. The summed E-state index contributed by atoms with van der Waals surface area (Å²) in [5, 5.41) is 0. The summed E-state index contributed by atoms with van der Waals surface area (Å²) in [6, 6.07) is 15.4. The van der Waals surface area contributed by atoms with Gasteiger partial charge in [-0.2, -0.15) is 0 Å². The zero-order valence-corrected chi connectivity index (χ0v) is 13.0. The molecule has 0 nitrogen and oxygen atoms in total. The molecule has 88 valence electrons. The van der Waals surface area contributed by atoms with E-state index < -0.39 is 0 Å². The first-order valence-electron chi connectivity index (χ1n) is 5.59. The van der Waals surface area contributed by atoms with Gasteiger partial charge in [-0.25, -0.2) is 0 Å².